The molecular weight excluding hydrogens is 248 g/mol. The molecule has 1 aliphatic carbocycles. The average molecular weight is 284 g/mol. The van der Waals surface area contributed by atoms with E-state index in [0.717, 1.165) is 19.1 Å². The molecule has 0 amide bonds. The van der Waals surface area contributed by atoms with Gasteiger partial charge in [0.25, 0.3) is 0 Å². The molecule has 1 saturated carbocycles. The molecule has 0 heterocycles. The normalized spacial score (nSPS) is 24.3. The maximum absolute atomic E-state index is 5.32. The molecule has 3 nitrogen and oxygen atoms in total. The number of hydrogen-bond acceptors (Lipinski definition) is 3. The minimum absolute atomic E-state index is 0.705. The van der Waals surface area contributed by atoms with Crippen LogP contribution in [-0.4, -0.2) is 50.8 Å². The molecule has 20 heavy (non-hydrogen) atoms. The highest BCUT2D eigenvalue weighted by molar-refractivity contribution is 4.83. The van der Waals surface area contributed by atoms with Crippen molar-refractivity contribution in [2.75, 3.05) is 33.9 Å². The van der Waals surface area contributed by atoms with Crippen molar-refractivity contribution in [3.05, 3.63) is 0 Å². The third kappa shape index (κ3) is 5.71. The predicted octanol–water partition coefficient (Wildman–Crippen LogP) is 3.29. The van der Waals surface area contributed by atoms with Gasteiger partial charge in [0.15, 0.2) is 0 Å². The summed E-state index contributed by atoms with van der Waals surface area (Å²) in [4.78, 5) is 2.68. The van der Waals surface area contributed by atoms with E-state index >= 15 is 0 Å². The van der Waals surface area contributed by atoms with Crippen molar-refractivity contribution in [1.29, 1.82) is 0 Å². The average Bonchev–Trinajstić information content (AvgIpc) is 2.70. The first-order valence-corrected chi connectivity index (χ1v) is 8.67. The van der Waals surface area contributed by atoms with Crippen LogP contribution in [0.25, 0.3) is 0 Å². The van der Waals surface area contributed by atoms with Gasteiger partial charge in [-0.05, 0) is 38.6 Å². The first-order valence-electron chi connectivity index (χ1n) is 8.67. The van der Waals surface area contributed by atoms with Gasteiger partial charge >= 0.3 is 0 Å². The predicted molar refractivity (Wildman–Crippen MR) is 87.2 cm³/mol. The van der Waals surface area contributed by atoms with Crippen LogP contribution in [-0.2, 0) is 4.74 Å². The first-order chi connectivity index (χ1) is 9.76. The lowest BCUT2D eigenvalue weighted by Gasteiger charge is -2.36. The van der Waals surface area contributed by atoms with E-state index in [1.807, 2.05) is 7.11 Å². The van der Waals surface area contributed by atoms with Crippen molar-refractivity contribution in [2.24, 2.45) is 5.92 Å². The van der Waals surface area contributed by atoms with Crippen molar-refractivity contribution in [1.82, 2.24) is 10.2 Å². The Kier molecular flexibility index (Phi) is 9.49. The molecule has 0 aromatic carbocycles. The van der Waals surface area contributed by atoms with Gasteiger partial charge in [-0.15, -0.1) is 0 Å². The van der Waals surface area contributed by atoms with Crippen LogP contribution in [0, 0.1) is 5.92 Å². The number of nitrogens with one attached hydrogen (secondary N) is 1. The smallest absolute Gasteiger partial charge is 0.0589 e. The number of hydrogen-bond donors (Lipinski definition) is 1. The summed E-state index contributed by atoms with van der Waals surface area (Å²) in [5, 5.41) is 3.57. The number of methoxy groups -OCH3 is 1. The second kappa shape index (κ2) is 10.6. The van der Waals surface area contributed by atoms with Crippen LogP contribution < -0.4 is 5.32 Å². The monoisotopic (exact) mass is 284 g/mol. The quantitative estimate of drug-likeness (QED) is 0.658. The number of rotatable bonds is 9. The van der Waals surface area contributed by atoms with E-state index in [0.29, 0.717) is 12.1 Å². The minimum atomic E-state index is 0.705. The Hall–Kier alpha value is -0.120. The molecule has 3 heteroatoms. The Morgan fingerprint density at radius 3 is 2.45 bits per heavy atom. The maximum atomic E-state index is 5.32. The highest BCUT2D eigenvalue weighted by Crippen LogP contribution is 2.25. The van der Waals surface area contributed by atoms with Crippen LogP contribution in [0.3, 0.4) is 0 Å². The summed E-state index contributed by atoms with van der Waals surface area (Å²) >= 11 is 0. The van der Waals surface area contributed by atoms with Crippen LogP contribution >= 0.6 is 0 Å². The maximum Gasteiger partial charge on any atom is 0.0589 e. The molecule has 1 fully saturated rings. The van der Waals surface area contributed by atoms with Gasteiger partial charge in [0, 0.05) is 32.3 Å². The molecule has 2 unspecified atom stereocenters. The van der Waals surface area contributed by atoms with E-state index in [-0.39, 0.29) is 0 Å². The van der Waals surface area contributed by atoms with Gasteiger partial charge in [-0.3, -0.25) is 4.90 Å². The molecule has 2 atom stereocenters. The number of ether oxygens (including phenoxy) is 1. The zero-order valence-corrected chi connectivity index (χ0v) is 14.2. The fraction of sp³-hybridized carbons (Fsp3) is 1.00. The standard InChI is InChI=1S/C17H36N2O/c1-5-16(6-2)19(12-13-20-4)14-15-10-8-7-9-11-17(15)18-3/h15-18H,5-14H2,1-4H3. The van der Waals surface area contributed by atoms with Crippen molar-refractivity contribution in [3.8, 4) is 0 Å². The zero-order chi connectivity index (χ0) is 14.8. The second-order valence-electron chi connectivity index (χ2n) is 6.25. The van der Waals surface area contributed by atoms with Crippen LogP contribution in [0.4, 0.5) is 0 Å². The van der Waals surface area contributed by atoms with Crippen molar-refractivity contribution >= 4 is 0 Å². The minimum Gasteiger partial charge on any atom is -0.383 e. The van der Waals surface area contributed by atoms with Crippen LogP contribution in [0.1, 0.15) is 58.8 Å². The highest BCUT2D eigenvalue weighted by Gasteiger charge is 2.26. The zero-order valence-electron chi connectivity index (χ0n) is 14.2. The van der Waals surface area contributed by atoms with Gasteiger partial charge in [0.1, 0.15) is 0 Å². The van der Waals surface area contributed by atoms with Crippen LogP contribution in [0.2, 0.25) is 0 Å². The lowest BCUT2D eigenvalue weighted by Crippen LogP contribution is -2.45. The van der Waals surface area contributed by atoms with Crippen molar-refractivity contribution in [2.45, 2.75) is 70.9 Å². The Bertz CT molecular complexity index is 231. The summed E-state index contributed by atoms with van der Waals surface area (Å²) in [6.45, 7) is 7.80. The van der Waals surface area contributed by atoms with Gasteiger partial charge in [0.05, 0.1) is 6.61 Å². The SMILES string of the molecule is CCC(CC)N(CCOC)CC1CCCCCC1NC. The van der Waals surface area contributed by atoms with Gasteiger partial charge < -0.3 is 10.1 Å². The molecule has 120 valence electrons. The van der Waals surface area contributed by atoms with E-state index < -0.39 is 0 Å². The molecule has 0 aromatic rings. The number of nitrogens with zero attached hydrogens (tertiary/aromatic N) is 1. The fourth-order valence-corrected chi connectivity index (χ4v) is 3.72. The van der Waals surface area contributed by atoms with Crippen molar-refractivity contribution < 1.29 is 4.74 Å². The summed E-state index contributed by atoms with van der Waals surface area (Å²) in [7, 11) is 3.95. The van der Waals surface area contributed by atoms with E-state index in [4.69, 9.17) is 4.74 Å². The van der Waals surface area contributed by atoms with Crippen LogP contribution in [0.5, 0.6) is 0 Å². The molecule has 1 aliphatic rings. The molecule has 1 rings (SSSR count). The van der Waals surface area contributed by atoms with Crippen LogP contribution in [0.15, 0.2) is 0 Å². The van der Waals surface area contributed by atoms with E-state index in [1.165, 1.54) is 51.5 Å². The van der Waals surface area contributed by atoms with Gasteiger partial charge in [-0.1, -0.05) is 33.1 Å². The third-order valence-corrected chi connectivity index (χ3v) is 5.04. The van der Waals surface area contributed by atoms with Gasteiger partial charge in [0.2, 0.25) is 0 Å². The van der Waals surface area contributed by atoms with Crippen molar-refractivity contribution in [3.63, 3.8) is 0 Å². The summed E-state index contributed by atoms with van der Waals surface area (Å²) in [5.74, 6) is 0.806. The molecule has 0 aromatic heterocycles. The summed E-state index contributed by atoms with van der Waals surface area (Å²) < 4.78 is 5.32. The van der Waals surface area contributed by atoms with Gasteiger partial charge in [-0.2, -0.15) is 0 Å². The highest BCUT2D eigenvalue weighted by atomic mass is 16.5. The summed E-state index contributed by atoms with van der Waals surface area (Å²) in [6.07, 6.45) is 9.44. The third-order valence-electron chi connectivity index (χ3n) is 5.04. The Morgan fingerprint density at radius 2 is 1.85 bits per heavy atom. The summed E-state index contributed by atoms with van der Waals surface area (Å²) in [5.41, 5.74) is 0. The largest absolute Gasteiger partial charge is 0.383 e. The lowest BCUT2D eigenvalue weighted by molar-refractivity contribution is 0.0928. The molecule has 0 spiro atoms. The molecule has 0 saturated heterocycles. The molecule has 0 bridgehead atoms. The Labute approximate surface area is 126 Å². The Morgan fingerprint density at radius 1 is 1.15 bits per heavy atom. The van der Waals surface area contributed by atoms with Gasteiger partial charge in [-0.25, -0.2) is 0 Å². The van der Waals surface area contributed by atoms with E-state index in [1.54, 1.807) is 0 Å². The van der Waals surface area contributed by atoms with E-state index in [2.05, 4.69) is 31.1 Å². The summed E-state index contributed by atoms with van der Waals surface area (Å²) in [6, 6.07) is 1.42. The van der Waals surface area contributed by atoms with E-state index in [9.17, 15) is 0 Å². The fourth-order valence-electron chi connectivity index (χ4n) is 3.72. The lowest BCUT2D eigenvalue weighted by atomic mass is 9.93. The Balaban J connectivity index is 2.64. The topological polar surface area (TPSA) is 24.5 Å². The first kappa shape index (κ1) is 17.9. The second-order valence-corrected chi connectivity index (χ2v) is 6.25. The molecule has 0 radical (unpaired) electrons. The molecule has 0 aliphatic heterocycles. The molecular formula is C17H36N2O. The molecule has 1 N–H and O–H groups in total.